The molecule has 174 valence electrons. The Kier molecular flexibility index (Phi) is 6.14. The number of hydrogen-bond acceptors (Lipinski definition) is 5. The first-order valence-corrected chi connectivity index (χ1v) is 11.1. The molecule has 2 aliphatic rings. The normalized spacial score (nSPS) is 17.5. The molecule has 34 heavy (non-hydrogen) atoms. The lowest BCUT2D eigenvalue weighted by Crippen LogP contribution is -2.54. The van der Waals surface area contributed by atoms with Crippen LogP contribution in [0, 0.1) is 5.82 Å². The first-order chi connectivity index (χ1) is 16.6. The standard InChI is InChI=1S/C26H23FN2O5/c27-19-7-11-21(12-8-19)33-20-9-5-18(6-10-20)25(30)29-17-24(26(31)28-13-15-32-16-14-28)34-23-4-2-1-3-22(23)29/h1-12,24H,13-17H2. The van der Waals surface area contributed by atoms with Crippen LogP contribution in [0.1, 0.15) is 10.4 Å². The summed E-state index contributed by atoms with van der Waals surface area (Å²) in [5.41, 5.74) is 1.06. The SMILES string of the molecule is O=C(C1CN(C(=O)c2ccc(Oc3ccc(F)cc3)cc2)c2ccccc2O1)N1CCOCC1. The molecule has 2 heterocycles. The number of halogens is 1. The van der Waals surface area contributed by atoms with Crippen LogP contribution in [0.2, 0.25) is 0 Å². The predicted octanol–water partition coefficient (Wildman–Crippen LogP) is 3.88. The Hall–Kier alpha value is -3.91. The summed E-state index contributed by atoms with van der Waals surface area (Å²) in [5, 5.41) is 0. The molecule has 0 radical (unpaired) electrons. The number of nitrogens with zero attached hydrogens (tertiary/aromatic N) is 2. The van der Waals surface area contributed by atoms with Crippen molar-refractivity contribution in [2.24, 2.45) is 0 Å². The molecule has 1 saturated heterocycles. The van der Waals surface area contributed by atoms with Crippen LogP contribution < -0.4 is 14.4 Å². The Morgan fingerprint density at radius 1 is 0.882 bits per heavy atom. The van der Waals surface area contributed by atoms with Gasteiger partial charge in [-0.15, -0.1) is 0 Å². The molecular weight excluding hydrogens is 439 g/mol. The van der Waals surface area contributed by atoms with E-state index in [1.165, 1.54) is 24.3 Å². The lowest BCUT2D eigenvalue weighted by atomic mass is 10.1. The highest BCUT2D eigenvalue weighted by atomic mass is 19.1. The molecule has 0 bridgehead atoms. The Balaban J connectivity index is 1.35. The Morgan fingerprint density at radius 3 is 2.24 bits per heavy atom. The van der Waals surface area contributed by atoms with Crippen LogP contribution in [0.5, 0.6) is 17.2 Å². The Morgan fingerprint density at radius 2 is 1.53 bits per heavy atom. The van der Waals surface area contributed by atoms with Crippen molar-refractivity contribution in [3.8, 4) is 17.2 Å². The van der Waals surface area contributed by atoms with Crippen LogP contribution in [-0.2, 0) is 9.53 Å². The van der Waals surface area contributed by atoms with Gasteiger partial charge in [-0.2, -0.15) is 0 Å². The average molecular weight is 462 g/mol. The van der Waals surface area contributed by atoms with E-state index in [-0.39, 0.29) is 24.2 Å². The summed E-state index contributed by atoms with van der Waals surface area (Å²) in [6.45, 7) is 2.10. The summed E-state index contributed by atoms with van der Waals surface area (Å²) in [7, 11) is 0. The van der Waals surface area contributed by atoms with Crippen molar-refractivity contribution in [2.45, 2.75) is 6.10 Å². The van der Waals surface area contributed by atoms with Gasteiger partial charge in [0.1, 0.15) is 23.1 Å². The van der Waals surface area contributed by atoms with Crippen molar-refractivity contribution in [1.82, 2.24) is 4.90 Å². The van der Waals surface area contributed by atoms with Crippen molar-refractivity contribution in [3.05, 3.63) is 84.2 Å². The second-order valence-electron chi connectivity index (χ2n) is 8.01. The summed E-state index contributed by atoms with van der Waals surface area (Å²) in [5.74, 6) is 0.759. The number of carbonyl (C=O) groups is 2. The molecule has 0 saturated carbocycles. The highest BCUT2D eigenvalue weighted by molar-refractivity contribution is 6.08. The molecule has 2 aliphatic heterocycles. The number of morpholine rings is 1. The van der Waals surface area contributed by atoms with Gasteiger partial charge < -0.3 is 24.0 Å². The molecule has 0 aliphatic carbocycles. The van der Waals surface area contributed by atoms with Gasteiger partial charge in [0.15, 0.2) is 6.10 Å². The van der Waals surface area contributed by atoms with E-state index in [2.05, 4.69) is 0 Å². The molecule has 3 aromatic carbocycles. The van der Waals surface area contributed by atoms with E-state index in [1.807, 2.05) is 12.1 Å². The molecule has 0 N–H and O–H groups in total. The number of ether oxygens (including phenoxy) is 3. The van der Waals surface area contributed by atoms with E-state index in [0.29, 0.717) is 54.8 Å². The number of amides is 2. The van der Waals surface area contributed by atoms with Gasteiger partial charge in [-0.3, -0.25) is 9.59 Å². The molecule has 7 nitrogen and oxygen atoms in total. The largest absolute Gasteiger partial charge is 0.476 e. The van der Waals surface area contributed by atoms with Gasteiger partial charge in [-0.25, -0.2) is 4.39 Å². The van der Waals surface area contributed by atoms with E-state index < -0.39 is 6.10 Å². The zero-order valence-corrected chi connectivity index (χ0v) is 18.4. The maximum absolute atomic E-state index is 13.5. The zero-order valence-electron chi connectivity index (χ0n) is 18.4. The average Bonchev–Trinajstić information content (AvgIpc) is 2.89. The Labute approximate surface area is 196 Å². The molecule has 2 amide bonds. The minimum atomic E-state index is -0.793. The lowest BCUT2D eigenvalue weighted by molar-refractivity contribution is -0.142. The fourth-order valence-electron chi connectivity index (χ4n) is 4.00. The van der Waals surface area contributed by atoms with E-state index in [9.17, 15) is 14.0 Å². The highest BCUT2D eigenvalue weighted by Crippen LogP contribution is 2.35. The number of carbonyl (C=O) groups excluding carboxylic acids is 2. The highest BCUT2D eigenvalue weighted by Gasteiger charge is 2.36. The quantitative estimate of drug-likeness (QED) is 0.589. The van der Waals surface area contributed by atoms with Crippen LogP contribution >= 0.6 is 0 Å². The van der Waals surface area contributed by atoms with Crippen molar-refractivity contribution >= 4 is 17.5 Å². The third-order valence-corrected chi connectivity index (χ3v) is 5.77. The van der Waals surface area contributed by atoms with Crippen LogP contribution in [-0.4, -0.2) is 55.7 Å². The van der Waals surface area contributed by atoms with Crippen LogP contribution in [0.4, 0.5) is 10.1 Å². The molecule has 0 spiro atoms. The number of fused-ring (bicyclic) bond motifs is 1. The summed E-state index contributed by atoms with van der Waals surface area (Å²) < 4.78 is 30.1. The second-order valence-corrected chi connectivity index (χ2v) is 8.01. The maximum atomic E-state index is 13.5. The molecule has 1 atom stereocenters. The van der Waals surface area contributed by atoms with Crippen LogP contribution in [0.15, 0.2) is 72.8 Å². The first-order valence-electron chi connectivity index (χ1n) is 11.1. The van der Waals surface area contributed by atoms with Gasteiger partial charge in [0.2, 0.25) is 0 Å². The lowest BCUT2D eigenvalue weighted by Gasteiger charge is -2.37. The summed E-state index contributed by atoms with van der Waals surface area (Å²) in [6, 6.07) is 19.6. The van der Waals surface area contributed by atoms with Gasteiger partial charge >= 0.3 is 0 Å². The van der Waals surface area contributed by atoms with Gasteiger partial charge in [-0.1, -0.05) is 12.1 Å². The third kappa shape index (κ3) is 4.58. The fraction of sp³-hybridized carbons (Fsp3) is 0.231. The van der Waals surface area contributed by atoms with E-state index in [4.69, 9.17) is 14.2 Å². The van der Waals surface area contributed by atoms with E-state index in [1.54, 1.807) is 46.2 Å². The Bertz CT molecular complexity index is 1180. The van der Waals surface area contributed by atoms with Gasteiger partial charge in [0.25, 0.3) is 11.8 Å². The topological polar surface area (TPSA) is 68.3 Å². The minimum Gasteiger partial charge on any atom is -0.476 e. The smallest absolute Gasteiger partial charge is 0.265 e. The summed E-state index contributed by atoms with van der Waals surface area (Å²) >= 11 is 0. The summed E-state index contributed by atoms with van der Waals surface area (Å²) in [4.78, 5) is 29.8. The second kappa shape index (κ2) is 9.52. The molecule has 1 fully saturated rings. The summed E-state index contributed by atoms with van der Waals surface area (Å²) in [6.07, 6.45) is -0.793. The van der Waals surface area contributed by atoms with E-state index in [0.717, 1.165) is 0 Å². The minimum absolute atomic E-state index is 0.111. The van der Waals surface area contributed by atoms with Gasteiger partial charge in [0, 0.05) is 18.7 Å². The van der Waals surface area contributed by atoms with Crippen molar-refractivity contribution < 1.29 is 28.2 Å². The number of benzene rings is 3. The first kappa shape index (κ1) is 21.9. The maximum Gasteiger partial charge on any atom is 0.265 e. The monoisotopic (exact) mass is 462 g/mol. The predicted molar refractivity (Wildman–Crippen MR) is 123 cm³/mol. The molecular formula is C26H23FN2O5. The van der Waals surface area contributed by atoms with Crippen LogP contribution in [0.25, 0.3) is 0 Å². The van der Waals surface area contributed by atoms with Crippen LogP contribution in [0.3, 0.4) is 0 Å². The number of anilines is 1. The van der Waals surface area contributed by atoms with Gasteiger partial charge in [-0.05, 0) is 60.7 Å². The zero-order chi connectivity index (χ0) is 23.5. The molecule has 0 aromatic heterocycles. The number of para-hydroxylation sites is 2. The molecule has 5 rings (SSSR count). The van der Waals surface area contributed by atoms with Crippen molar-refractivity contribution in [3.63, 3.8) is 0 Å². The van der Waals surface area contributed by atoms with E-state index >= 15 is 0 Å². The van der Waals surface area contributed by atoms with Crippen molar-refractivity contribution in [1.29, 1.82) is 0 Å². The number of hydrogen-bond donors (Lipinski definition) is 0. The van der Waals surface area contributed by atoms with Gasteiger partial charge in [0.05, 0.1) is 25.4 Å². The molecule has 1 unspecified atom stereocenters. The molecule has 8 heteroatoms. The van der Waals surface area contributed by atoms with Crippen molar-refractivity contribution in [2.75, 3.05) is 37.7 Å². The third-order valence-electron chi connectivity index (χ3n) is 5.77. The molecule has 3 aromatic rings. The number of rotatable bonds is 4. The fourth-order valence-corrected chi connectivity index (χ4v) is 4.00.